The summed E-state index contributed by atoms with van der Waals surface area (Å²) < 4.78 is 5.44. The van der Waals surface area contributed by atoms with Crippen molar-refractivity contribution in [1.82, 2.24) is 10.6 Å². The molecule has 1 saturated heterocycles. The summed E-state index contributed by atoms with van der Waals surface area (Å²) in [6.45, 7) is 3.40. The molecule has 4 nitrogen and oxygen atoms in total. The van der Waals surface area contributed by atoms with Crippen LogP contribution < -0.4 is 10.6 Å². The predicted molar refractivity (Wildman–Crippen MR) is 68.2 cm³/mol. The largest absolute Gasteiger partial charge is 0.376 e. The van der Waals surface area contributed by atoms with Gasteiger partial charge in [0, 0.05) is 18.0 Å². The second-order valence-electron chi connectivity index (χ2n) is 4.23. The smallest absolute Gasteiger partial charge is 0.315 e. The molecule has 2 amide bonds. The van der Waals surface area contributed by atoms with E-state index in [-0.39, 0.29) is 18.2 Å². The Kier molecular flexibility index (Phi) is 4.39. The molecular formula is C12H18N2O2S. The number of nitrogens with one attached hydrogen (secondary N) is 2. The molecule has 2 atom stereocenters. The van der Waals surface area contributed by atoms with E-state index >= 15 is 0 Å². The highest BCUT2D eigenvalue weighted by atomic mass is 32.1. The van der Waals surface area contributed by atoms with Gasteiger partial charge in [-0.15, -0.1) is 11.3 Å². The number of thiophene rings is 1. The monoisotopic (exact) mass is 254 g/mol. The van der Waals surface area contributed by atoms with Crippen LogP contribution in [0.4, 0.5) is 4.79 Å². The highest BCUT2D eigenvalue weighted by Gasteiger charge is 2.17. The van der Waals surface area contributed by atoms with Crippen molar-refractivity contribution in [1.29, 1.82) is 0 Å². The van der Waals surface area contributed by atoms with Gasteiger partial charge in [0.2, 0.25) is 0 Å². The minimum absolute atomic E-state index is 0.0551. The molecule has 17 heavy (non-hydrogen) atoms. The zero-order chi connectivity index (χ0) is 12.1. The Balaban J connectivity index is 1.69. The lowest BCUT2D eigenvalue weighted by Crippen LogP contribution is -2.40. The number of hydrogen-bond acceptors (Lipinski definition) is 3. The van der Waals surface area contributed by atoms with E-state index < -0.39 is 0 Å². The molecule has 1 aromatic rings. The van der Waals surface area contributed by atoms with Gasteiger partial charge in [0.25, 0.3) is 0 Å². The Bertz CT molecular complexity index is 347. The average Bonchev–Trinajstić information content (AvgIpc) is 2.99. The molecule has 1 fully saturated rings. The maximum Gasteiger partial charge on any atom is 0.315 e. The lowest BCUT2D eigenvalue weighted by Gasteiger charge is -2.15. The van der Waals surface area contributed by atoms with E-state index in [9.17, 15) is 4.79 Å². The van der Waals surface area contributed by atoms with E-state index in [1.165, 1.54) is 0 Å². The fourth-order valence-corrected chi connectivity index (χ4v) is 2.60. The van der Waals surface area contributed by atoms with Gasteiger partial charge in [0.1, 0.15) is 0 Å². The molecule has 1 aliphatic heterocycles. The standard InChI is InChI=1S/C12H18N2O2S/c1-9(11-5-3-7-17-11)14-12(15)13-8-10-4-2-6-16-10/h3,5,7,9-10H,2,4,6,8H2,1H3,(H2,13,14,15)/t9-,10-/m0/s1. The molecule has 2 N–H and O–H groups in total. The van der Waals surface area contributed by atoms with E-state index in [1.807, 2.05) is 24.4 Å². The minimum Gasteiger partial charge on any atom is -0.376 e. The van der Waals surface area contributed by atoms with Crippen LogP contribution in [0.1, 0.15) is 30.7 Å². The lowest BCUT2D eigenvalue weighted by molar-refractivity contribution is 0.111. The second kappa shape index (κ2) is 6.02. The fraction of sp³-hybridized carbons (Fsp3) is 0.583. The zero-order valence-corrected chi connectivity index (χ0v) is 10.8. The topological polar surface area (TPSA) is 50.4 Å². The van der Waals surface area contributed by atoms with Crippen molar-refractivity contribution in [3.05, 3.63) is 22.4 Å². The minimum atomic E-state index is -0.124. The van der Waals surface area contributed by atoms with E-state index in [0.29, 0.717) is 6.54 Å². The summed E-state index contributed by atoms with van der Waals surface area (Å²) in [6.07, 6.45) is 2.33. The van der Waals surface area contributed by atoms with Gasteiger partial charge in [0.15, 0.2) is 0 Å². The number of hydrogen-bond donors (Lipinski definition) is 2. The number of rotatable bonds is 4. The van der Waals surface area contributed by atoms with Crippen molar-refractivity contribution in [2.24, 2.45) is 0 Å². The first-order chi connectivity index (χ1) is 8.25. The number of carbonyl (C=O) groups is 1. The van der Waals surface area contributed by atoms with Crippen molar-refractivity contribution >= 4 is 17.4 Å². The van der Waals surface area contributed by atoms with Crippen molar-refractivity contribution in [3.63, 3.8) is 0 Å². The molecule has 2 heterocycles. The van der Waals surface area contributed by atoms with Gasteiger partial charge in [0.05, 0.1) is 12.1 Å². The first kappa shape index (κ1) is 12.4. The summed E-state index contributed by atoms with van der Waals surface area (Å²) >= 11 is 1.65. The van der Waals surface area contributed by atoms with E-state index in [1.54, 1.807) is 11.3 Å². The molecule has 94 valence electrons. The van der Waals surface area contributed by atoms with Gasteiger partial charge in [-0.2, -0.15) is 0 Å². The highest BCUT2D eigenvalue weighted by molar-refractivity contribution is 7.10. The summed E-state index contributed by atoms with van der Waals surface area (Å²) in [5, 5.41) is 7.77. The molecule has 2 rings (SSSR count). The fourth-order valence-electron chi connectivity index (χ4n) is 1.87. The third-order valence-corrected chi connectivity index (χ3v) is 3.89. The van der Waals surface area contributed by atoms with Crippen molar-refractivity contribution in [3.8, 4) is 0 Å². The van der Waals surface area contributed by atoms with Crippen LogP contribution in [0.3, 0.4) is 0 Å². The highest BCUT2D eigenvalue weighted by Crippen LogP contribution is 2.17. The van der Waals surface area contributed by atoms with Gasteiger partial charge < -0.3 is 15.4 Å². The first-order valence-electron chi connectivity index (χ1n) is 5.95. The maximum atomic E-state index is 11.6. The summed E-state index contributed by atoms with van der Waals surface area (Å²) in [4.78, 5) is 12.8. The van der Waals surface area contributed by atoms with Crippen LogP contribution in [0.5, 0.6) is 0 Å². The Labute approximate surface area is 105 Å². The number of ether oxygens (including phenoxy) is 1. The van der Waals surface area contributed by atoms with E-state index in [2.05, 4.69) is 10.6 Å². The molecule has 0 spiro atoms. The second-order valence-corrected chi connectivity index (χ2v) is 5.21. The molecule has 0 saturated carbocycles. The molecule has 0 aromatic carbocycles. The summed E-state index contributed by atoms with van der Waals surface area (Å²) in [6, 6.07) is 3.94. The van der Waals surface area contributed by atoms with Crippen molar-refractivity contribution < 1.29 is 9.53 Å². The van der Waals surface area contributed by atoms with Crippen LogP contribution in [0.25, 0.3) is 0 Å². The molecule has 0 aliphatic carbocycles. The van der Waals surface area contributed by atoms with Gasteiger partial charge in [-0.1, -0.05) is 6.07 Å². The molecule has 1 aromatic heterocycles. The van der Waals surface area contributed by atoms with E-state index in [0.717, 1.165) is 24.3 Å². The van der Waals surface area contributed by atoms with Crippen LogP contribution in [0.15, 0.2) is 17.5 Å². The SMILES string of the molecule is C[C@H](NC(=O)NC[C@@H]1CCCO1)c1cccs1. The lowest BCUT2D eigenvalue weighted by atomic mass is 10.2. The molecule has 0 bridgehead atoms. The Morgan fingerprint density at radius 1 is 1.71 bits per heavy atom. The summed E-state index contributed by atoms with van der Waals surface area (Å²) in [7, 11) is 0. The van der Waals surface area contributed by atoms with Crippen LogP contribution in [0, 0.1) is 0 Å². The Morgan fingerprint density at radius 2 is 2.59 bits per heavy atom. The Hall–Kier alpha value is -1.07. The van der Waals surface area contributed by atoms with Crippen molar-refractivity contribution in [2.45, 2.75) is 31.9 Å². The van der Waals surface area contributed by atoms with Gasteiger partial charge in [-0.05, 0) is 31.2 Å². The number of urea groups is 1. The van der Waals surface area contributed by atoms with Crippen molar-refractivity contribution in [2.75, 3.05) is 13.2 Å². The van der Waals surface area contributed by atoms with Crippen LogP contribution in [-0.4, -0.2) is 25.3 Å². The molecule has 5 heteroatoms. The van der Waals surface area contributed by atoms with Gasteiger partial charge >= 0.3 is 6.03 Å². The maximum absolute atomic E-state index is 11.6. The average molecular weight is 254 g/mol. The van der Waals surface area contributed by atoms with E-state index in [4.69, 9.17) is 4.74 Å². The van der Waals surface area contributed by atoms with Crippen LogP contribution in [0.2, 0.25) is 0 Å². The van der Waals surface area contributed by atoms with Crippen LogP contribution >= 0.6 is 11.3 Å². The van der Waals surface area contributed by atoms with Crippen LogP contribution in [-0.2, 0) is 4.74 Å². The number of amides is 2. The first-order valence-corrected chi connectivity index (χ1v) is 6.83. The van der Waals surface area contributed by atoms with Gasteiger partial charge in [-0.3, -0.25) is 0 Å². The summed E-state index contributed by atoms with van der Waals surface area (Å²) in [5.41, 5.74) is 0. The number of carbonyl (C=O) groups excluding carboxylic acids is 1. The molecule has 0 unspecified atom stereocenters. The summed E-state index contributed by atoms with van der Waals surface area (Å²) in [5.74, 6) is 0. The predicted octanol–water partition coefficient (Wildman–Crippen LogP) is 2.29. The molecule has 0 radical (unpaired) electrons. The normalized spacial score (nSPS) is 21.1. The third kappa shape index (κ3) is 3.71. The Morgan fingerprint density at radius 3 is 3.24 bits per heavy atom. The molecular weight excluding hydrogens is 236 g/mol. The van der Waals surface area contributed by atoms with Gasteiger partial charge in [-0.25, -0.2) is 4.79 Å². The molecule has 1 aliphatic rings. The quantitative estimate of drug-likeness (QED) is 0.866. The zero-order valence-electron chi connectivity index (χ0n) is 9.94. The third-order valence-electron chi connectivity index (χ3n) is 2.83.